The first-order valence-electron chi connectivity index (χ1n) is 10.3. The lowest BCUT2D eigenvalue weighted by molar-refractivity contribution is -0.127. The minimum absolute atomic E-state index is 0.0247. The largest absolute Gasteiger partial charge is 0.383 e. The highest BCUT2D eigenvalue weighted by Crippen LogP contribution is 2.35. The maximum absolute atomic E-state index is 13.0. The number of hydrogen-bond acceptors (Lipinski definition) is 5. The lowest BCUT2D eigenvalue weighted by Crippen LogP contribution is -2.34. The van der Waals surface area contributed by atoms with Crippen LogP contribution >= 0.6 is 0 Å². The molecule has 0 aliphatic carbocycles. The molecule has 1 saturated heterocycles. The zero-order valence-electron chi connectivity index (χ0n) is 17.6. The summed E-state index contributed by atoms with van der Waals surface area (Å²) in [4.78, 5) is 26.6. The molecule has 2 aliphatic rings. The highest BCUT2D eigenvalue weighted by molar-refractivity contribution is 6.00. The summed E-state index contributed by atoms with van der Waals surface area (Å²) >= 11 is 0. The Balaban J connectivity index is 1.42. The topological polar surface area (TPSA) is 85.7 Å². The summed E-state index contributed by atoms with van der Waals surface area (Å²) in [5, 5.41) is 7.47. The number of anilines is 1. The van der Waals surface area contributed by atoms with Crippen LogP contribution in [-0.2, 0) is 32.0 Å². The van der Waals surface area contributed by atoms with Crippen molar-refractivity contribution in [1.82, 2.24) is 15.1 Å². The van der Waals surface area contributed by atoms with Crippen LogP contribution in [0.1, 0.15) is 42.2 Å². The number of carbonyl (C=O) groups is 2. The van der Waals surface area contributed by atoms with Crippen molar-refractivity contribution in [2.75, 3.05) is 32.3 Å². The van der Waals surface area contributed by atoms with E-state index < -0.39 is 0 Å². The summed E-state index contributed by atoms with van der Waals surface area (Å²) < 4.78 is 12.8. The fraction of sp³-hybridized carbons (Fsp3) is 0.500. The van der Waals surface area contributed by atoms with Gasteiger partial charge in [-0.15, -0.1) is 0 Å². The van der Waals surface area contributed by atoms with Crippen LogP contribution in [-0.4, -0.2) is 49.0 Å². The van der Waals surface area contributed by atoms with Crippen molar-refractivity contribution in [1.29, 1.82) is 0 Å². The average Bonchev–Trinajstić information content (AvgIpc) is 3.45. The van der Waals surface area contributed by atoms with Crippen molar-refractivity contribution in [3.8, 4) is 0 Å². The van der Waals surface area contributed by atoms with Gasteiger partial charge in [0.05, 0.1) is 43.8 Å². The van der Waals surface area contributed by atoms with Gasteiger partial charge in [0, 0.05) is 38.2 Å². The van der Waals surface area contributed by atoms with Crippen molar-refractivity contribution >= 4 is 17.5 Å². The van der Waals surface area contributed by atoms with Crippen molar-refractivity contribution in [2.24, 2.45) is 5.92 Å². The Morgan fingerprint density at radius 2 is 2.27 bits per heavy atom. The van der Waals surface area contributed by atoms with Gasteiger partial charge in [0.25, 0.3) is 0 Å². The van der Waals surface area contributed by atoms with Crippen LogP contribution < -0.4 is 10.2 Å². The van der Waals surface area contributed by atoms with Crippen LogP contribution in [0.5, 0.6) is 0 Å². The van der Waals surface area contributed by atoms with Crippen LogP contribution in [0.2, 0.25) is 0 Å². The molecule has 0 spiro atoms. The Morgan fingerprint density at radius 3 is 3.07 bits per heavy atom. The zero-order valence-corrected chi connectivity index (χ0v) is 17.6. The normalized spacial score (nSPS) is 21.7. The molecule has 160 valence electrons. The molecule has 0 unspecified atom stereocenters. The Bertz CT molecular complexity index is 941. The molecule has 0 radical (unpaired) electrons. The molecule has 1 aromatic carbocycles. The maximum atomic E-state index is 13.0. The van der Waals surface area contributed by atoms with Crippen LogP contribution in [0, 0.1) is 5.92 Å². The van der Waals surface area contributed by atoms with Crippen molar-refractivity contribution in [3.05, 3.63) is 47.3 Å². The summed E-state index contributed by atoms with van der Waals surface area (Å²) in [6.07, 6.45) is 4.48. The quantitative estimate of drug-likeness (QED) is 0.752. The Labute approximate surface area is 176 Å². The second kappa shape index (κ2) is 8.57. The number of nitrogens with zero attached hydrogens (tertiary/aromatic N) is 3. The summed E-state index contributed by atoms with van der Waals surface area (Å²) in [6, 6.07) is 5.79. The molecule has 8 nitrogen and oxygen atoms in total. The second-order valence-corrected chi connectivity index (χ2v) is 7.96. The number of amides is 2. The van der Waals surface area contributed by atoms with Crippen molar-refractivity contribution in [2.45, 2.75) is 38.5 Å². The molecule has 0 bridgehead atoms. The highest BCUT2D eigenvalue weighted by Gasteiger charge is 2.36. The standard InChI is InChI=1S/C22H28N4O4/c1-14(15-4-5-19-16(10-15)11-20(27)25(19)2)24-22(28)18-6-8-30-21(18)17-12-23-26(13-17)7-9-29-3/h4-5,10,12-14,18,21H,6-9,11H2,1-3H3,(H,24,28)/t14-,18-,21+/m0/s1. The minimum atomic E-state index is -0.292. The van der Waals surface area contributed by atoms with Gasteiger partial charge in [0.1, 0.15) is 0 Å². The molecule has 8 heteroatoms. The molecule has 1 fully saturated rings. The predicted octanol–water partition coefficient (Wildman–Crippen LogP) is 2.00. The SMILES string of the molecule is COCCn1cc([C@H]2OCC[C@@H]2C(=O)N[C@@H](C)c2ccc3c(c2)CC(=O)N3C)cn1. The van der Waals surface area contributed by atoms with Crippen LogP contribution in [0.3, 0.4) is 0 Å². The summed E-state index contributed by atoms with van der Waals surface area (Å²) in [7, 11) is 3.44. The van der Waals surface area contributed by atoms with E-state index in [0.29, 0.717) is 32.6 Å². The van der Waals surface area contributed by atoms with E-state index in [4.69, 9.17) is 9.47 Å². The van der Waals surface area contributed by atoms with E-state index in [1.807, 2.05) is 31.3 Å². The molecule has 2 aromatic rings. The van der Waals surface area contributed by atoms with Gasteiger partial charge in [-0.25, -0.2) is 0 Å². The van der Waals surface area contributed by atoms with Gasteiger partial charge in [0.2, 0.25) is 11.8 Å². The lowest BCUT2D eigenvalue weighted by atomic mass is 9.95. The van der Waals surface area contributed by atoms with Gasteiger partial charge >= 0.3 is 0 Å². The Kier molecular flexibility index (Phi) is 5.87. The zero-order chi connectivity index (χ0) is 21.3. The highest BCUT2D eigenvalue weighted by atomic mass is 16.5. The van der Waals surface area contributed by atoms with Gasteiger partial charge < -0.3 is 19.7 Å². The number of nitrogens with one attached hydrogen (secondary N) is 1. The molecule has 1 N–H and O–H groups in total. The monoisotopic (exact) mass is 412 g/mol. The first kappa shape index (κ1) is 20.6. The molecule has 30 heavy (non-hydrogen) atoms. The van der Waals surface area contributed by atoms with Crippen molar-refractivity contribution in [3.63, 3.8) is 0 Å². The van der Waals surface area contributed by atoms with E-state index in [9.17, 15) is 9.59 Å². The Morgan fingerprint density at radius 1 is 1.43 bits per heavy atom. The third-order valence-corrected chi connectivity index (χ3v) is 5.97. The maximum Gasteiger partial charge on any atom is 0.231 e. The van der Waals surface area contributed by atoms with Crippen LogP contribution in [0.15, 0.2) is 30.6 Å². The fourth-order valence-electron chi connectivity index (χ4n) is 4.18. The number of aromatic nitrogens is 2. The minimum Gasteiger partial charge on any atom is -0.383 e. The smallest absolute Gasteiger partial charge is 0.231 e. The van der Waals surface area contributed by atoms with E-state index in [0.717, 1.165) is 22.4 Å². The molecule has 3 heterocycles. The van der Waals surface area contributed by atoms with Crippen molar-refractivity contribution < 1.29 is 19.1 Å². The van der Waals surface area contributed by atoms with Gasteiger partial charge in [-0.1, -0.05) is 12.1 Å². The van der Waals surface area contributed by atoms with E-state index in [1.54, 1.807) is 29.9 Å². The van der Waals surface area contributed by atoms with Crippen LogP contribution in [0.4, 0.5) is 5.69 Å². The lowest BCUT2D eigenvalue weighted by Gasteiger charge is -2.21. The van der Waals surface area contributed by atoms with E-state index in [-0.39, 0.29) is 29.9 Å². The van der Waals surface area contributed by atoms with Gasteiger partial charge in [-0.3, -0.25) is 14.3 Å². The Hall–Kier alpha value is -2.71. The summed E-state index contributed by atoms with van der Waals surface area (Å²) in [5.41, 5.74) is 3.85. The number of likely N-dealkylation sites (N-methyl/N-ethyl adjacent to an activating group) is 1. The summed E-state index contributed by atoms with van der Waals surface area (Å²) in [6.45, 7) is 3.75. The van der Waals surface area contributed by atoms with Gasteiger partial charge in [-0.2, -0.15) is 5.10 Å². The molecule has 0 saturated carbocycles. The molecule has 3 atom stereocenters. The molecule has 2 aliphatic heterocycles. The van der Waals surface area contributed by atoms with E-state index in [1.165, 1.54) is 0 Å². The molecule has 1 aromatic heterocycles. The summed E-state index contributed by atoms with van der Waals surface area (Å²) in [5.74, 6) is -0.186. The first-order valence-corrected chi connectivity index (χ1v) is 10.3. The second-order valence-electron chi connectivity index (χ2n) is 7.96. The number of methoxy groups -OCH3 is 1. The molecular formula is C22H28N4O4. The molecule has 2 amide bonds. The van der Waals surface area contributed by atoms with Gasteiger partial charge in [-0.05, 0) is 30.5 Å². The third kappa shape index (κ3) is 3.97. The van der Waals surface area contributed by atoms with Gasteiger partial charge in [0.15, 0.2) is 0 Å². The van der Waals surface area contributed by atoms with Crippen LogP contribution in [0.25, 0.3) is 0 Å². The molecular weight excluding hydrogens is 384 g/mol. The predicted molar refractivity (Wildman–Crippen MR) is 111 cm³/mol. The number of ether oxygens (including phenoxy) is 2. The fourth-order valence-corrected chi connectivity index (χ4v) is 4.18. The van der Waals surface area contributed by atoms with E-state index >= 15 is 0 Å². The van der Waals surface area contributed by atoms with E-state index in [2.05, 4.69) is 10.4 Å². The molecule has 4 rings (SSSR count). The third-order valence-electron chi connectivity index (χ3n) is 5.97. The number of hydrogen-bond donors (Lipinski definition) is 1. The first-order chi connectivity index (χ1) is 14.5. The average molecular weight is 412 g/mol. The number of rotatable bonds is 7. The number of benzene rings is 1. The number of carbonyl (C=O) groups excluding carboxylic acids is 2. The number of fused-ring (bicyclic) bond motifs is 1.